The minimum atomic E-state index is -0.481. The molecule has 0 radical (unpaired) electrons. The zero-order chi connectivity index (χ0) is 13.6. The summed E-state index contributed by atoms with van der Waals surface area (Å²) in [5.41, 5.74) is -0.741. The van der Waals surface area contributed by atoms with Gasteiger partial charge in [0.2, 0.25) is 0 Å². The van der Waals surface area contributed by atoms with Gasteiger partial charge >= 0.3 is 5.97 Å². The number of hydrogen-bond acceptors (Lipinski definition) is 3. The highest BCUT2D eigenvalue weighted by molar-refractivity contribution is 5.66. The van der Waals surface area contributed by atoms with Gasteiger partial charge in [-0.3, -0.25) is 4.79 Å². The summed E-state index contributed by atoms with van der Waals surface area (Å²) in [7, 11) is 0. The minimum absolute atomic E-state index is 0.0558. The highest BCUT2D eigenvalue weighted by atomic mass is 16.6. The van der Waals surface area contributed by atoms with E-state index in [0.29, 0.717) is 0 Å². The van der Waals surface area contributed by atoms with E-state index in [1.165, 1.54) is 6.92 Å². The van der Waals surface area contributed by atoms with Crippen molar-refractivity contribution in [3.63, 3.8) is 0 Å². The van der Waals surface area contributed by atoms with Crippen LogP contribution in [0.4, 0.5) is 0 Å². The van der Waals surface area contributed by atoms with Crippen molar-refractivity contribution in [2.45, 2.75) is 84.0 Å². The first-order valence-electron chi connectivity index (χ1n) is 7.10. The molecule has 1 saturated carbocycles. The van der Waals surface area contributed by atoms with Crippen LogP contribution < -0.4 is 0 Å². The number of ether oxygens (including phenoxy) is 2. The zero-order valence-electron chi connectivity index (χ0n) is 12.3. The minimum Gasteiger partial charge on any atom is -0.456 e. The van der Waals surface area contributed by atoms with Crippen LogP contribution in [0.25, 0.3) is 0 Å². The molecule has 2 aliphatic rings. The summed E-state index contributed by atoms with van der Waals surface area (Å²) in [6, 6.07) is 0. The van der Waals surface area contributed by atoms with E-state index in [4.69, 9.17) is 9.47 Å². The summed E-state index contributed by atoms with van der Waals surface area (Å²) >= 11 is 0. The van der Waals surface area contributed by atoms with Crippen molar-refractivity contribution in [3.8, 4) is 0 Å². The highest BCUT2D eigenvalue weighted by Crippen LogP contribution is 2.58. The smallest absolute Gasteiger partial charge is 0.303 e. The molecule has 1 spiro atoms. The Kier molecular flexibility index (Phi) is 3.25. The number of esters is 1. The fourth-order valence-corrected chi connectivity index (χ4v) is 4.19. The molecule has 18 heavy (non-hydrogen) atoms. The van der Waals surface area contributed by atoms with Gasteiger partial charge in [-0.25, -0.2) is 0 Å². The first-order chi connectivity index (χ1) is 8.22. The molecule has 3 unspecified atom stereocenters. The molecule has 2 rings (SSSR count). The normalized spacial score (nSPS) is 43.1. The Hall–Kier alpha value is -0.570. The maximum atomic E-state index is 11.5. The van der Waals surface area contributed by atoms with Gasteiger partial charge in [0.15, 0.2) is 0 Å². The Morgan fingerprint density at radius 1 is 1.22 bits per heavy atom. The monoisotopic (exact) mass is 254 g/mol. The lowest BCUT2D eigenvalue weighted by Crippen LogP contribution is -2.64. The topological polar surface area (TPSA) is 35.5 Å². The maximum Gasteiger partial charge on any atom is 0.303 e. The van der Waals surface area contributed by atoms with Crippen LogP contribution in [0.2, 0.25) is 0 Å². The van der Waals surface area contributed by atoms with Crippen LogP contribution in [0.5, 0.6) is 0 Å². The molecule has 0 aromatic rings. The number of rotatable bonds is 1. The van der Waals surface area contributed by atoms with Gasteiger partial charge < -0.3 is 9.47 Å². The van der Waals surface area contributed by atoms with Crippen LogP contribution >= 0.6 is 0 Å². The largest absolute Gasteiger partial charge is 0.456 e. The first kappa shape index (κ1) is 13.9. The SMILES string of the molecule is CC(=O)OC1(C)CCCC(C)(C)C12CCC(C)O2. The summed E-state index contributed by atoms with van der Waals surface area (Å²) in [6.07, 6.45) is 5.44. The number of carbonyl (C=O) groups excluding carboxylic acids is 1. The molecule has 0 aromatic heterocycles. The predicted octanol–water partition coefficient (Wildman–Crippen LogP) is 3.46. The van der Waals surface area contributed by atoms with Crippen LogP contribution in [0.15, 0.2) is 0 Å². The standard InChI is InChI=1S/C15H26O3/c1-11-7-10-15(17-11)13(3,4)8-6-9-14(15,5)18-12(2)16/h11H,6-10H2,1-5H3. The molecule has 3 heteroatoms. The third kappa shape index (κ3) is 1.87. The second-order valence-corrected chi connectivity index (χ2v) is 6.86. The fourth-order valence-electron chi connectivity index (χ4n) is 4.19. The van der Waals surface area contributed by atoms with E-state index in [9.17, 15) is 4.79 Å². The molecule has 0 amide bonds. The molecule has 3 nitrogen and oxygen atoms in total. The Morgan fingerprint density at radius 3 is 2.39 bits per heavy atom. The molecule has 0 bridgehead atoms. The summed E-state index contributed by atoms with van der Waals surface area (Å²) < 4.78 is 12.1. The Labute approximate surface area is 110 Å². The molecule has 1 aliphatic heterocycles. The molecule has 0 N–H and O–H groups in total. The second kappa shape index (κ2) is 4.22. The summed E-state index contributed by atoms with van der Waals surface area (Å²) in [5, 5.41) is 0. The van der Waals surface area contributed by atoms with E-state index in [2.05, 4.69) is 27.7 Å². The van der Waals surface area contributed by atoms with Crippen LogP contribution in [-0.4, -0.2) is 23.3 Å². The molecule has 1 heterocycles. The Balaban J connectivity index is 2.40. The first-order valence-corrected chi connectivity index (χ1v) is 7.10. The van der Waals surface area contributed by atoms with E-state index >= 15 is 0 Å². The molecule has 1 saturated heterocycles. The lowest BCUT2D eigenvalue weighted by atomic mass is 9.57. The second-order valence-electron chi connectivity index (χ2n) is 6.86. The van der Waals surface area contributed by atoms with Crippen LogP contribution in [0, 0.1) is 5.41 Å². The fraction of sp³-hybridized carbons (Fsp3) is 0.933. The lowest BCUT2D eigenvalue weighted by molar-refractivity contribution is -0.251. The van der Waals surface area contributed by atoms with E-state index in [0.717, 1.165) is 32.1 Å². The Morgan fingerprint density at radius 2 is 1.89 bits per heavy atom. The van der Waals surface area contributed by atoms with Crippen LogP contribution in [-0.2, 0) is 14.3 Å². The third-order valence-electron chi connectivity index (χ3n) is 5.08. The zero-order valence-corrected chi connectivity index (χ0v) is 12.3. The van der Waals surface area contributed by atoms with E-state index in [1.807, 2.05) is 0 Å². The number of hydrogen-bond donors (Lipinski definition) is 0. The molecular formula is C15H26O3. The van der Waals surface area contributed by atoms with Gasteiger partial charge in [-0.05, 0) is 51.4 Å². The third-order valence-corrected chi connectivity index (χ3v) is 5.08. The molecule has 3 atom stereocenters. The van der Waals surface area contributed by atoms with Gasteiger partial charge in [0, 0.05) is 6.92 Å². The lowest BCUT2D eigenvalue weighted by Gasteiger charge is -2.57. The van der Waals surface area contributed by atoms with Gasteiger partial charge in [0.05, 0.1) is 6.10 Å². The molecule has 2 fully saturated rings. The van der Waals surface area contributed by atoms with Gasteiger partial charge in [-0.2, -0.15) is 0 Å². The average molecular weight is 254 g/mol. The molecular weight excluding hydrogens is 228 g/mol. The van der Waals surface area contributed by atoms with Gasteiger partial charge in [0.1, 0.15) is 11.2 Å². The van der Waals surface area contributed by atoms with Gasteiger partial charge in [-0.15, -0.1) is 0 Å². The van der Waals surface area contributed by atoms with Crippen molar-refractivity contribution in [1.29, 1.82) is 0 Å². The predicted molar refractivity (Wildman–Crippen MR) is 70.3 cm³/mol. The van der Waals surface area contributed by atoms with Crippen LogP contribution in [0.1, 0.15) is 66.7 Å². The summed E-state index contributed by atoms with van der Waals surface area (Å²) in [5.74, 6) is -0.197. The quantitative estimate of drug-likeness (QED) is 0.672. The van der Waals surface area contributed by atoms with Crippen molar-refractivity contribution in [3.05, 3.63) is 0 Å². The summed E-state index contributed by atoms with van der Waals surface area (Å²) in [6.45, 7) is 10.2. The van der Waals surface area contributed by atoms with Crippen molar-refractivity contribution >= 4 is 5.97 Å². The highest BCUT2D eigenvalue weighted by Gasteiger charge is 2.64. The van der Waals surface area contributed by atoms with E-state index in [-0.39, 0.29) is 23.1 Å². The van der Waals surface area contributed by atoms with Gasteiger partial charge in [0.25, 0.3) is 0 Å². The Bertz CT molecular complexity index is 350. The number of carbonyl (C=O) groups is 1. The summed E-state index contributed by atoms with van der Waals surface area (Å²) in [4.78, 5) is 11.5. The van der Waals surface area contributed by atoms with Gasteiger partial charge in [-0.1, -0.05) is 13.8 Å². The molecule has 104 valence electrons. The molecule has 0 aromatic carbocycles. The van der Waals surface area contributed by atoms with Crippen molar-refractivity contribution in [2.24, 2.45) is 5.41 Å². The van der Waals surface area contributed by atoms with E-state index < -0.39 is 5.60 Å². The maximum absolute atomic E-state index is 11.5. The molecule has 1 aliphatic carbocycles. The average Bonchev–Trinajstić information content (AvgIpc) is 2.59. The van der Waals surface area contributed by atoms with E-state index in [1.54, 1.807) is 0 Å². The van der Waals surface area contributed by atoms with Crippen LogP contribution in [0.3, 0.4) is 0 Å². The van der Waals surface area contributed by atoms with Crippen molar-refractivity contribution in [1.82, 2.24) is 0 Å². The van der Waals surface area contributed by atoms with Crippen molar-refractivity contribution < 1.29 is 14.3 Å². The van der Waals surface area contributed by atoms with Crippen molar-refractivity contribution in [2.75, 3.05) is 0 Å².